The van der Waals surface area contributed by atoms with E-state index < -0.39 is 0 Å². The molecular weight excluding hydrogens is 343 g/mol. The van der Waals surface area contributed by atoms with Crippen LogP contribution in [0.4, 0.5) is 0 Å². The Labute approximate surface area is 130 Å². The molecule has 3 rings (SSSR count). The number of hydrogen-bond acceptors (Lipinski definition) is 0. The molecule has 0 aliphatic heterocycles. The lowest BCUT2D eigenvalue weighted by Crippen LogP contribution is -2.12. The van der Waals surface area contributed by atoms with E-state index in [2.05, 4.69) is 65.1 Å². The van der Waals surface area contributed by atoms with Crippen LogP contribution in [0, 0.1) is 11.8 Å². The maximum Gasteiger partial charge on any atom is 0.00309 e. The first kappa shape index (κ1) is 13.4. The summed E-state index contributed by atoms with van der Waals surface area (Å²) in [5.74, 6) is 1.31. The normalized spacial score (nSPS) is 30.7. The molecule has 0 aromatic carbocycles. The van der Waals surface area contributed by atoms with Crippen LogP contribution in [0.2, 0.25) is 0 Å². The van der Waals surface area contributed by atoms with E-state index in [1.807, 2.05) is 0 Å². The van der Waals surface area contributed by atoms with Crippen molar-refractivity contribution in [2.45, 2.75) is 38.5 Å². The van der Waals surface area contributed by atoms with Crippen molar-refractivity contribution < 1.29 is 0 Å². The first-order valence-corrected chi connectivity index (χ1v) is 8.51. The third kappa shape index (κ3) is 3.31. The molecule has 0 amide bonds. The molecule has 3 aliphatic rings. The Bertz CT molecular complexity index is 488. The van der Waals surface area contributed by atoms with Crippen LogP contribution in [0.1, 0.15) is 38.5 Å². The zero-order valence-corrected chi connectivity index (χ0v) is 13.5. The van der Waals surface area contributed by atoms with Crippen LogP contribution < -0.4 is 0 Å². The zero-order valence-electron chi connectivity index (χ0n) is 11.3. The molecule has 0 bridgehead atoms. The van der Waals surface area contributed by atoms with E-state index in [0.717, 1.165) is 0 Å². The van der Waals surface area contributed by atoms with Gasteiger partial charge in [0, 0.05) is 11.8 Å². The van der Waals surface area contributed by atoms with Crippen molar-refractivity contribution in [1.29, 1.82) is 0 Å². The summed E-state index contributed by atoms with van der Waals surface area (Å²) in [6, 6.07) is 0. The average Bonchev–Trinajstić information content (AvgIpc) is 2.48. The predicted molar refractivity (Wildman–Crippen MR) is 91.2 cm³/mol. The van der Waals surface area contributed by atoms with Gasteiger partial charge in [-0.2, -0.15) is 0 Å². The van der Waals surface area contributed by atoms with Crippen molar-refractivity contribution in [3.8, 4) is 0 Å². The number of allylic oxidation sites excluding steroid dienone is 10. The van der Waals surface area contributed by atoms with Crippen molar-refractivity contribution in [1.82, 2.24) is 0 Å². The molecule has 19 heavy (non-hydrogen) atoms. The molecule has 0 aromatic rings. The molecule has 0 fully saturated rings. The van der Waals surface area contributed by atoms with Crippen LogP contribution in [0.3, 0.4) is 0 Å². The molecule has 0 aromatic heterocycles. The van der Waals surface area contributed by atoms with Crippen LogP contribution in [-0.4, -0.2) is 0 Å². The summed E-state index contributed by atoms with van der Waals surface area (Å²) >= 11 is 2.53. The first-order chi connectivity index (χ1) is 9.33. The van der Waals surface area contributed by atoms with Gasteiger partial charge in [-0.25, -0.2) is 0 Å². The maximum absolute atomic E-state index is 2.55. The average molecular weight is 364 g/mol. The summed E-state index contributed by atoms with van der Waals surface area (Å²) < 4.78 is 1.52. The molecule has 0 radical (unpaired) electrons. The van der Waals surface area contributed by atoms with E-state index in [1.54, 1.807) is 11.1 Å². The van der Waals surface area contributed by atoms with Crippen LogP contribution in [0.15, 0.2) is 57.3 Å². The van der Waals surface area contributed by atoms with Gasteiger partial charge < -0.3 is 0 Å². The fourth-order valence-corrected chi connectivity index (χ4v) is 4.11. The molecule has 100 valence electrons. The molecule has 1 heteroatoms. The third-order valence-electron chi connectivity index (χ3n) is 4.34. The highest BCUT2D eigenvalue weighted by Crippen LogP contribution is 2.38. The summed E-state index contributed by atoms with van der Waals surface area (Å²) in [5.41, 5.74) is 3.19. The van der Waals surface area contributed by atoms with Crippen molar-refractivity contribution >= 4 is 22.6 Å². The van der Waals surface area contributed by atoms with Crippen LogP contribution in [0.25, 0.3) is 0 Å². The van der Waals surface area contributed by atoms with Crippen LogP contribution >= 0.6 is 22.6 Å². The lowest BCUT2D eigenvalue weighted by molar-refractivity contribution is 0.598. The van der Waals surface area contributed by atoms with E-state index in [-0.39, 0.29) is 0 Å². The third-order valence-corrected chi connectivity index (χ3v) is 5.09. The zero-order chi connectivity index (χ0) is 13.1. The molecule has 0 nitrogen and oxygen atoms in total. The monoisotopic (exact) mass is 364 g/mol. The predicted octanol–water partition coefficient (Wildman–Crippen LogP) is 5.88. The standard InChI is InChI=1S/C18H21I/c19-18-12-16(14-7-3-1-4-8-14)11-17(13-18)15-9-5-2-6-10-15/h1,3,5,7,9,11,13,15-16H,2,4,6,8,10,12H2. The molecule has 3 aliphatic carbocycles. The molecular formula is C18H21I. The van der Waals surface area contributed by atoms with E-state index in [0.29, 0.717) is 11.8 Å². The second-order valence-corrected chi connectivity index (χ2v) is 7.13. The highest BCUT2D eigenvalue weighted by atomic mass is 127. The highest BCUT2D eigenvalue weighted by molar-refractivity contribution is 14.1. The van der Waals surface area contributed by atoms with Gasteiger partial charge in [-0.05, 0) is 76.3 Å². The lowest BCUT2D eigenvalue weighted by Gasteiger charge is -2.27. The summed E-state index contributed by atoms with van der Waals surface area (Å²) in [5, 5.41) is 0. The highest BCUT2D eigenvalue weighted by Gasteiger charge is 2.21. The maximum atomic E-state index is 2.55. The number of hydrogen-bond donors (Lipinski definition) is 0. The largest absolute Gasteiger partial charge is 0.0879 e. The fourth-order valence-electron chi connectivity index (χ4n) is 3.28. The minimum Gasteiger partial charge on any atom is -0.0879 e. The SMILES string of the molecule is IC1=CC(C2C=CCCC2)=CC(C2=CC=CCC2)C1. The smallest absolute Gasteiger partial charge is 0.00309 e. The van der Waals surface area contributed by atoms with Gasteiger partial charge in [0.25, 0.3) is 0 Å². The van der Waals surface area contributed by atoms with Crippen LogP contribution in [-0.2, 0) is 0 Å². The Morgan fingerprint density at radius 3 is 2.79 bits per heavy atom. The summed E-state index contributed by atoms with van der Waals surface area (Å²) in [7, 11) is 0. The van der Waals surface area contributed by atoms with Gasteiger partial charge in [0.05, 0.1) is 0 Å². The van der Waals surface area contributed by atoms with Crippen LogP contribution in [0.5, 0.6) is 0 Å². The van der Waals surface area contributed by atoms with E-state index >= 15 is 0 Å². The van der Waals surface area contributed by atoms with E-state index in [1.165, 1.54) is 42.1 Å². The molecule has 2 atom stereocenters. The molecule has 0 saturated carbocycles. The first-order valence-electron chi connectivity index (χ1n) is 7.43. The van der Waals surface area contributed by atoms with Crippen molar-refractivity contribution in [2.24, 2.45) is 11.8 Å². The lowest BCUT2D eigenvalue weighted by atomic mass is 9.80. The van der Waals surface area contributed by atoms with Gasteiger partial charge in [-0.1, -0.05) is 42.0 Å². The number of halogens is 1. The van der Waals surface area contributed by atoms with Crippen molar-refractivity contribution in [3.05, 3.63) is 57.3 Å². The summed E-state index contributed by atoms with van der Waals surface area (Å²) in [6.07, 6.45) is 24.2. The Morgan fingerprint density at radius 2 is 2.05 bits per heavy atom. The van der Waals surface area contributed by atoms with Gasteiger partial charge in [0.2, 0.25) is 0 Å². The second-order valence-electron chi connectivity index (χ2n) is 5.74. The summed E-state index contributed by atoms with van der Waals surface area (Å²) in [4.78, 5) is 0. The van der Waals surface area contributed by atoms with Gasteiger partial charge in [-0.3, -0.25) is 0 Å². The van der Waals surface area contributed by atoms with Gasteiger partial charge in [0.1, 0.15) is 0 Å². The Balaban J connectivity index is 1.83. The molecule has 0 saturated heterocycles. The van der Waals surface area contributed by atoms with Gasteiger partial charge >= 0.3 is 0 Å². The summed E-state index contributed by atoms with van der Waals surface area (Å²) in [6.45, 7) is 0. The fraction of sp³-hybridized carbons (Fsp3) is 0.444. The number of rotatable bonds is 2. The minimum atomic E-state index is 0.646. The van der Waals surface area contributed by atoms with Gasteiger partial charge in [0.15, 0.2) is 0 Å². The van der Waals surface area contributed by atoms with Crippen molar-refractivity contribution in [3.63, 3.8) is 0 Å². The molecule has 2 unspecified atom stereocenters. The Hall–Kier alpha value is -0.570. The van der Waals surface area contributed by atoms with E-state index in [4.69, 9.17) is 0 Å². The van der Waals surface area contributed by atoms with E-state index in [9.17, 15) is 0 Å². The quantitative estimate of drug-likeness (QED) is 0.424. The molecule has 0 heterocycles. The Kier molecular flexibility index (Phi) is 4.42. The Morgan fingerprint density at radius 1 is 1.11 bits per heavy atom. The van der Waals surface area contributed by atoms with Crippen molar-refractivity contribution in [2.75, 3.05) is 0 Å². The second kappa shape index (κ2) is 6.25. The molecule has 0 N–H and O–H groups in total. The van der Waals surface area contributed by atoms with Gasteiger partial charge in [-0.15, -0.1) is 0 Å². The minimum absolute atomic E-state index is 0.646. The molecule has 0 spiro atoms. The topological polar surface area (TPSA) is 0 Å².